The number of aliphatic imine (C=N–C) groups is 1. The van der Waals surface area contributed by atoms with Crippen LogP contribution in [0, 0.1) is 6.92 Å². The highest BCUT2D eigenvalue weighted by Crippen LogP contribution is 2.36. The molecule has 4 aromatic rings. The van der Waals surface area contributed by atoms with Gasteiger partial charge in [0, 0.05) is 16.7 Å². The van der Waals surface area contributed by atoms with E-state index in [1.165, 1.54) is 5.56 Å². The molecule has 0 saturated carbocycles. The van der Waals surface area contributed by atoms with Gasteiger partial charge in [0.15, 0.2) is 0 Å². The second-order valence-electron chi connectivity index (χ2n) is 8.65. The summed E-state index contributed by atoms with van der Waals surface area (Å²) < 4.78 is 17.5. The number of aromatic amines is 1. The van der Waals surface area contributed by atoms with Gasteiger partial charge < -0.3 is 19.2 Å². The first-order valence-corrected chi connectivity index (χ1v) is 12.9. The molecular weight excluding hydrogens is 472 g/mol. The molecule has 0 saturated heterocycles. The van der Waals surface area contributed by atoms with Crippen LogP contribution in [0.2, 0.25) is 0 Å². The molecule has 3 aromatic carbocycles. The zero-order chi connectivity index (χ0) is 24.9. The highest BCUT2D eigenvalue weighted by atomic mass is 32.2. The van der Waals surface area contributed by atoms with E-state index < -0.39 is 0 Å². The van der Waals surface area contributed by atoms with E-state index >= 15 is 0 Å². The molecule has 7 heteroatoms. The van der Waals surface area contributed by atoms with Gasteiger partial charge in [0.05, 0.1) is 30.8 Å². The predicted molar refractivity (Wildman–Crippen MR) is 144 cm³/mol. The Morgan fingerprint density at radius 3 is 2.64 bits per heavy atom. The number of rotatable bonds is 9. The van der Waals surface area contributed by atoms with Gasteiger partial charge in [0.25, 0.3) is 0 Å². The molecule has 6 nitrogen and oxygen atoms in total. The fourth-order valence-electron chi connectivity index (χ4n) is 4.03. The summed E-state index contributed by atoms with van der Waals surface area (Å²) >= 11 is 1.60. The van der Waals surface area contributed by atoms with Crippen molar-refractivity contribution in [2.24, 2.45) is 4.99 Å². The van der Waals surface area contributed by atoms with Crippen LogP contribution in [0.25, 0.3) is 10.9 Å². The molecule has 0 aliphatic carbocycles. The monoisotopic (exact) mass is 500 g/mol. The maximum absolute atomic E-state index is 11.9. The van der Waals surface area contributed by atoms with Crippen molar-refractivity contribution < 1.29 is 19.0 Å². The number of nitrogens with zero attached hydrogens (tertiary/aromatic N) is 1. The lowest BCUT2D eigenvalue weighted by molar-refractivity contribution is -0.143. The summed E-state index contributed by atoms with van der Waals surface area (Å²) in [7, 11) is 0. The standard InChI is InChI=1S/C29H28N2O4S/c1-3-33-27(32)16-24-17-30-29(36-24)25-14-21-13-23(35-22-11-9-19(2)10-12-22)15-26(28(21)31-25)34-18-20-7-5-4-6-8-20/h4-15,24,31H,3,16-18H2,1-2H3. The van der Waals surface area contributed by atoms with Gasteiger partial charge in [-0.2, -0.15) is 0 Å². The molecule has 0 radical (unpaired) electrons. The Morgan fingerprint density at radius 1 is 1.06 bits per heavy atom. The van der Waals surface area contributed by atoms with Gasteiger partial charge in [0.1, 0.15) is 28.9 Å². The summed E-state index contributed by atoms with van der Waals surface area (Å²) in [5.74, 6) is 1.98. The highest BCUT2D eigenvalue weighted by molar-refractivity contribution is 8.15. The summed E-state index contributed by atoms with van der Waals surface area (Å²) in [6.07, 6.45) is 0.353. The van der Waals surface area contributed by atoms with Crippen molar-refractivity contribution in [3.63, 3.8) is 0 Å². The maximum Gasteiger partial charge on any atom is 0.306 e. The fourth-order valence-corrected chi connectivity index (χ4v) is 5.10. The maximum atomic E-state index is 11.9. The van der Waals surface area contributed by atoms with Gasteiger partial charge in [-0.05, 0) is 43.7 Å². The summed E-state index contributed by atoms with van der Waals surface area (Å²) in [5, 5.41) is 1.94. The molecule has 0 spiro atoms. The van der Waals surface area contributed by atoms with Gasteiger partial charge in [-0.1, -0.05) is 59.8 Å². The minimum absolute atomic E-state index is 0.0831. The van der Waals surface area contributed by atoms with Gasteiger partial charge in [0.2, 0.25) is 0 Å². The average molecular weight is 501 g/mol. The third-order valence-corrected chi connectivity index (χ3v) is 7.03. The zero-order valence-corrected chi connectivity index (χ0v) is 21.1. The van der Waals surface area contributed by atoms with Crippen LogP contribution in [0.15, 0.2) is 77.8 Å². The number of H-pyrrole nitrogens is 1. The number of carbonyl (C=O) groups is 1. The summed E-state index contributed by atoms with van der Waals surface area (Å²) in [6.45, 7) is 5.29. The van der Waals surface area contributed by atoms with Crippen LogP contribution in [0.1, 0.15) is 30.2 Å². The van der Waals surface area contributed by atoms with E-state index in [-0.39, 0.29) is 11.2 Å². The van der Waals surface area contributed by atoms with Crippen molar-refractivity contribution in [2.45, 2.75) is 32.1 Å². The van der Waals surface area contributed by atoms with Crippen molar-refractivity contribution in [3.05, 3.63) is 89.6 Å². The highest BCUT2D eigenvalue weighted by Gasteiger charge is 2.25. The molecule has 5 rings (SSSR count). The van der Waals surface area contributed by atoms with Crippen molar-refractivity contribution >= 4 is 33.7 Å². The van der Waals surface area contributed by atoms with E-state index in [9.17, 15) is 4.79 Å². The van der Waals surface area contributed by atoms with Crippen LogP contribution in [0.4, 0.5) is 0 Å². The Balaban J connectivity index is 1.41. The quantitative estimate of drug-likeness (QED) is 0.260. The summed E-state index contributed by atoms with van der Waals surface area (Å²) in [4.78, 5) is 20.1. The topological polar surface area (TPSA) is 72.9 Å². The van der Waals surface area contributed by atoms with Crippen molar-refractivity contribution in [1.29, 1.82) is 0 Å². The first-order valence-electron chi connectivity index (χ1n) is 12.0. The van der Waals surface area contributed by atoms with Crippen LogP contribution in [-0.2, 0) is 16.1 Å². The number of ether oxygens (including phenoxy) is 3. The van der Waals surface area contributed by atoms with Crippen molar-refractivity contribution in [2.75, 3.05) is 13.2 Å². The molecule has 184 valence electrons. The molecule has 1 aliphatic heterocycles. The number of thioether (sulfide) groups is 1. The Morgan fingerprint density at radius 2 is 1.86 bits per heavy atom. The minimum Gasteiger partial charge on any atom is -0.487 e. The first kappa shape index (κ1) is 24.0. The summed E-state index contributed by atoms with van der Waals surface area (Å²) in [6, 6.07) is 24.0. The lowest BCUT2D eigenvalue weighted by atomic mass is 10.2. The molecule has 1 aliphatic rings. The van der Waals surface area contributed by atoms with Crippen LogP contribution in [0.5, 0.6) is 17.2 Å². The molecule has 1 N–H and O–H groups in total. The predicted octanol–water partition coefficient (Wildman–Crippen LogP) is 6.66. The molecule has 2 heterocycles. The van der Waals surface area contributed by atoms with E-state index in [0.717, 1.165) is 33.0 Å². The van der Waals surface area contributed by atoms with Crippen LogP contribution in [0.3, 0.4) is 0 Å². The molecule has 1 unspecified atom stereocenters. The Kier molecular flexibility index (Phi) is 7.28. The third-order valence-electron chi connectivity index (χ3n) is 5.81. The Labute approximate surface area is 214 Å². The Bertz CT molecular complexity index is 1380. The van der Waals surface area contributed by atoms with E-state index in [0.29, 0.717) is 37.7 Å². The van der Waals surface area contributed by atoms with Crippen LogP contribution >= 0.6 is 11.8 Å². The minimum atomic E-state index is -0.183. The van der Waals surface area contributed by atoms with Gasteiger partial charge >= 0.3 is 5.97 Å². The normalized spacial score (nSPS) is 15.1. The number of aryl methyl sites for hydroxylation is 1. The second-order valence-corrected chi connectivity index (χ2v) is 9.94. The van der Waals surface area contributed by atoms with Crippen LogP contribution in [-0.4, -0.2) is 34.4 Å². The van der Waals surface area contributed by atoms with E-state index in [1.54, 1.807) is 11.8 Å². The molecule has 0 amide bonds. The van der Waals surface area contributed by atoms with Crippen molar-refractivity contribution in [1.82, 2.24) is 4.98 Å². The number of nitrogens with one attached hydrogen (secondary N) is 1. The largest absolute Gasteiger partial charge is 0.487 e. The summed E-state index contributed by atoms with van der Waals surface area (Å²) in [5.41, 5.74) is 4.05. The molecule has 36 heavy (non-hydrogen) atoms. The number of hydrogen-bond acceptors (Lipinski definition) is 6. The lowest BCUT2D eigenvalue weighted by Crippen LogP contribution is -2.14. The number of carbonyl (C=O) groups excluding carboxylic acids is 1. The lowest BCUT2D eigenvalue weighted by Gasteiger charge is -2.11. The molecule has 1 aromatic heterocycles. The smallest absolute Gasteiger partial charge is 0.306 e. The van der Waals surface area contributed by atoms with E-state index in [2.05, 4.69) is 16.0 Å². The molecule has 0 bridgehead atoms. The number of fused-ring (bicyclic) bond motifs is 1. The number of hydrogen-bond donors (Lipinski definition) is 1. The zero-order valence-electron chi connectivity index (χ0n) is 20.3. The Hall–Kier alpha value is -3.71. The van der Waals surface area contributed by atoms with E-state index in [1.807, 2.05) is 80.6 Å². The number of esters is 1. The van der Waals surface area contributed by atoms with Crippen LogP contribution < -0.4 is 9.47 Å². The van der Waals surface area contributed by atoms with E-state index in [4.69, 9.17) is 14.2 Å². The number of benzene rings is 3. The second kappa shape index (κ2) is 10.9. The molecule has 1 atom stereocenters. The van der Waals surface area contributed by atoms with Crippen molar-refractivity contribution in [3.8, 4) is 17.2 Å². The fraction of sp³-hybridized carbons (Fsp3) is 0.241. The van der Waals surface area contributed by atoms with Gasteiger partial charge in [-0.25, -0.2) is 0 Å². The third kappa shape index (κ3) is 5.74. The molecular formula is C29H28N2O4S. The number of aromatic nitrogens is 1. The first-order chi connectivity index (χ1) is 17.6. The molecule has 0 fully saturated rings. The average Bonchev–Trinajstić information content (AvgIpc) is 3.52. The van der Waals surface area contributed by atoms with Gasteiger partial charge in [-0.15, -0.1) is 0 Å². The SMILES string of the molecule is CCOC(=O)CC1CN=C(c2cc3cc(Oc4ccc(C)cc4)cc(OCc4ccccc4)c3[nH]2)S1. The van der Waals surface area contributed by atoms with Gasteiger partial charge in [-0.3, -0.25) is 9.79 Å².